The van der Waals surface area contributed by atoms with Crippen molar-refractivity contribution in [2.75, 3.05) is 13.2 Å². The van der Waals surface area contributed by atoms with E-state index in [1.165, 1.54) is 12.1 Å². The minimum Gasteiger partial charge on any atom is -0.492 e. The molecule has 0 radical (unpaired) electrons. The maximum absolute atomic E-state index is 12.1. The van der Waals surface area contributed by atoms with E-state index in [2.05, 4.69) is 0 Å². The summed E-state index contributed by atoms with van der Waals surface area (Å²) in [5.74, 6) is 0.392. The molecule has 86 valence electrons. The van der Waals surface area contributed by atoms with Crippen molar-refractivity contribution >= 4 is 12.4 Å². The fourth-order valence-electron chi connectivity index (χ4n) is 0.917. The lowest BCUT2D eigenvalue weighted by atomic mass is 10.2. The van der Waals surface area contributed by atoms with Crippen molar-refractivity contribution in [2.45, 2.75) is 6.18 Å². The van der Waals surface area contributed by atoms with Gasteiger partial charge in [-0.3, -0.25) is 0 Å². The molecule has 0 aromatic heterocycles. The highest BCUT2D eigenvalue weighted by molar-refractivity contribution is 5.85. The zero-order chi connectivity index (χ0) is 10.6. The molecule has 0 heterocycles. The largest absolute Gasteiger partial charge is 0.492 e. The third-order valence-corrected chi connectivity index (χ3v) is 1.57. The molecule has 1 aromatic rings. The molecule has 6 heteroatoms. The Morgan fingerprint density at radius 2 is 1.67 bits per heavy atom. The van der Waals surface area contributed by atoms with Gasteiger partial charge in [0.2, 0.25) is 0 Å². The van der Waals surface area contributed by atoms with E-state index < -0.39 is 11.7 Å². The van der Waals surface area contributed by atoms with Crippen LogP contribution in [-0.2, 0) is 6.18 Å². The Balaban J connectivity index is 0.00000196. The second-order valence-corrected chi connectivity index (χ2v) is 2.66. The number of benzene rings is 1. The van der Waals surface area contributed by atoms with Crippen LogP contribution in [0.5, 0.6) is 5.75 Å². The van der Waals surface area contributed by atoms with E-state index in [0.29, 0.717) is 18.9 Å². The molecule has 1 aromatic carbocycles. The summed E-state index contributed by atoms with van der Waals surface area (Å²) in [5.41, 5.74) is 4.49. The van der Waals surface area contributed by atoms with Crippen LogP contribution < -0.4 is 10.5 Å². The quantitative estimate of drug-likeness (QED) is 0.882. The molecule has 2 N–H and O–H groups in total. The van der Waals surface area contributed by atoms with E-state index in [1.54, 1.807) is 0 Å². The van der Waals surface area contributed by atoms with Gasteiger partial charge in [-0.2, -0.15) is 13.2 Å². The minimum atomic E-state index is -4.30. The summed E-state index contributed by atoms with van der Waals surface area (Å²) in [7, 11) is 0. The van der Waals surface area contributed by atoms with Crippen LogP contribution in [0.15, 0.2) is 24.3 Å². The summed E-state index contributed by atoms with van der Waals surface area (Å²) in [4.78, 5) is 0. The first kappa shape index (κ1) is 14.1. The highest BCUT2D eigenvalue weighted by Crippen LogP contribution is 2.30. The number of halogens is 4. The van der Waals surface area contributed by atoms with Crippen LogP contribution in [0.4, 0.5) is 13.2 Å². The van der Waals surface area contributed by atoms with Crippen molar-refractivity contribution in [1.82, 2.24) is 0 Å². The molecule has 0 atom stereocenters. The highest BCUT2D eigenvalue weighted by atomic mass is 35.5. The predicted molar refractivity (Wildman–Crippen MR) is 53.2 cm³/mol. The average molecular weight is 242 g/mol. The lowest BCUT2D eigenvalue weighted by Gasteiger charge is -2.08. The number of ether oxygens (including phenoxy) is 1. The number of nitrogens with two attached hydrogens (primary N) is 1. The van der Waals surface area contributed by atoms with E-state index in [4.69, 9.17) is 10.5 Å². The van der Waals surface area contributed by atoms with Crippen LogP contribution in [0.25, 0.3) is 0 Å². The Morgan fingerprint density at radius 3 is 2.07 bits per heavy atom. The first-order chi connectivity index (χ1) is 6.54. The lowest BCUT2D eigenvalue weighted by molar-refractivity contribution is -0.137. The van der Waals surface area contributed by atoms with Gasteiger partial charge in [0.25, 0.3) is 0 Å². The fraction of sp³-hybridized carbons (Fsp3) is 0.333. The van der Waals surface area contributed by atoms with E-state index >= 15 is 0 Å². The maximum atomic E-state index is 12.1. The SMILES string of the molecule is Cl.NCCOc1ccc(C(F)(F)F)cc1. The molecule has 15 heavy (non-hydrogen) atoms. The maximum Gasteiger partial charge on any atom is 0.416 e. The van der Waals surface area contributed by atoms with Gasteiger partial charge in [-0.1, -0.05) is 0 Å². The molecule has 2 nitrogen and oxygen atoms in total. The third kappa shape index (κ3) is 4.40. The van der Waals surface area contributed by atoms with Gasteiger partial charge in [-0.25, -0.2) is 0 Å². The minimum absolute atomic E-state index is 0. The third-order valence-electron chi connectivity index (χ3n) is 1.57. The van der Waals surface area contributed by atoms with Gasteiger partial charge in [0.1, 0.15) is 12.4 Å². The molecule has 0 amide bonds. The molecule has 0 fully saturated rings. The van der Waals surface area contributed by atoms with Crippen molar-refractivity contribution in [2.24, 2.45) is 5.73 Å². The monoisotopic (exact) mass is 241 g/mol. The van der Waals surface area contributed by atoms with Gasteiger partial charge in [0, 0.05) is 6.54 Å². The second kappa shape index (κ2) is 5.82. The lowest BCUT2D eigenvalue weighted by Crippen LogP contribution is -2.10. The second-order valence-electron chi connectivity index (χ2n) is 2.66. The summed E-state index contributed by atoms with van der Waals surface area (Å²) >= 11 is 0. The number of hydrogen-bond donors (Lipinski definition) is 1. The van der Waals surface area contributed by atoms with Crippen molar-refractivity contribution in [3.05, 3.63) is 29.8 Å². The van der Waals surface area contributed by atoms with Gasteiger partial charge < -0.3 is 10.5 Å². The zero-order valence-corrected chi connectivity index (χ0v) is 8.57. The van der Waals surface area contributed by atoms with Crippen molar-refractivity contribution in [1.29, 1.82) is 0 Å². The molecule has 0 aliphatic rings. The number of rotatable bonds is 3. The molecule has 0 bridgehead atoms. The van der Waals surface area contributed by atoms with Gasteiger partial charge in [-0.05, 0) is 24.3 Å². The Labute approximate surface area is 91.6 Å². The van der Waals surface area contributed by atoms with Crippen LogP contribution in [0, 0.1) is 0 Å². The van der Waals surface area contributed by atoms with Gasteiger partial charge in [-0.15, -0.1) is 12.4 Å². The van der Waals surface area contributed by atoms with Crippen molar-refractivity contribution in [3.63, 3.8) is 0 Å². The van der Waals surface area contributed by atoms with Crippen LogP contribution in [0.2, 0.25) is 0 Å². The topological polar surface area (TPSA) is 35.2 Å². The highest BCUT2D eigenvalue weighted by Gasteiger charge is 2.29. The summed E-state index contributed by atoms with van der Waals surface area (Å²) < 4.78 is 41.4. The average Bonchev–Trinajstić information content (AvgIpc) is 2.14. The molecule has 0 saturated heterocycles. The molecular weight excluding hydrogens is 231 g/mol. The standard InChI is InChI=1S/C9H10F3NO.ClH/c10-9(11,12)7-1-3-8(4-2-7)14-6-5-13;/h1-4H,5-6,13H2;1H. The molecule has 0 aliphatic heterocycles. The van der Waals surface area contributed by atoms with E-state index in [9.17, 15) is 13.2 Å². The normalized spacial score (nSPS) is 10.7. The molecule has 0 aliphatic carbocycles. The smallest absolute Gasteiger partial charge is 0.416 e. The van der Waals surface area contributed by atoms with Crippen molar-refractivity contribution in [3.8, 4) is 5.75 Å². The summed E-state index contributed by atoms with van der Waals surface area (Å²) in [6.45, 7) is 0.631. The number of alkyl halides is 3. The summed E-state index contributed by atoms with van der Waals surface area (Å²) in [6, 6.07) is 4.51. The van der Waals surface area contributed by atoms with Crippen LogP contribution in [0.1, 0.15) is 5.56 Å². The molecular formula is C9H11ClF3NO. The van der Waals surface area contributed by atoms with Gasteiger partial charge in [0.15, 0.2) is 0 Å². The van der Waals surface area contributed by atoms with E-state index in [0.717, 1.165) is 12.1 Å². The van der Waals surface area contributed by atoms with E-state index in [-0.39, 0.29) is 12.4 Å². The van der Waals surface area contributed by atoms with Gasteiger partial charge in [0.05, 0.1) is 5.56 Å². The van der Waals surface area contributed by atoms with Crippen molar-refractivity contribution < 1.29 is 17.9 Å². The molecule has 0 unspecified atom stereocenters. The molecule has 0 spiro atoms. The Hall–Kier alpha value is -0.940. The predicted octanol–water partition coefficient (Wildman–Crippen LogP) is 2.46. The Bertz CT molecular complexity index is 286. The summed E-state index contributed by atoms with van der Waals surface area (Å²) in [5, 5.41) is 0. The zero-order valence-electron chi connectivity index (χ0n) is 7.75. The van der Waals surface area contributed by atoms with Crippen LogP contribution in [0.3, 0.4) is 0 Å². The van der Waals surface area contributed by atoms with Crippen LogP contribution in [-0.4, -0.2) is 13.2 Å². The van der Waals surface area contributed by atoms with E-state index in [1.807, 2.05) is 0 Å². The first-order valence-electron chi connectivity index (χ1n) is 4.04. The first-order valence-corrected chi connectivity index (χ1v) is 4.04. The summed E-state index contributed by atoms with van der Waals surface area (Å²) in [6.07, 6.45) is -4.30. The number of hydrogen-bond acceptors (Lipinski definition) is 2. The van der Waals surface area contributed by atoms with Gasteiger partial charge >= 0.3 is 6.18 Å². The Kier molecular flexibility index (Phi) is 5.46. The van der Waals surface area contributed by atoms with Crippen LogP contribution >= 0.6 is 12.4 Å². The molecule has 0 saturated carbocycles. The molecule has 1 rings (SSSR count). The Morgan fingerprint density at radius 1 is 1.13 bits per heavy atom. The fourth-order valence-corrected chi connectivity index (χ4v) is 0.917.